The molecule has 0 aliphatic rings. The van der Waals surface area contributed by atoms with E-state index in [0.29, 0.717) is 0 Å². The molecule has 11 rings (SSSR count). The molecule has 0 radical (unpaired) electrons. The van der Waals surface area contributed by atoms with Gasteiger partial charge in [-0.2, -0.15) is 0 Å². The highest BCUT2D eigenvalue weighted by Crippen LogP contribution is 2.51. The fourth-order valence-corrected chi connectivity index (χ4v) is 9.05. The Morgan fingerprint density at radius 2 is 0.537 bits per heavy atom. The van der Waals surface area contributed by atoms with Gasteiger partial charge < -0.3 is 0 Å². The summed E-state index contributed by atoms with van der Waals surface area (Å²) in [6.07, 6.45) is 0. The lowest BCUT2D eigenvalue weighted by atomic mass is 9.80. The maximum atomic E-state index is 2.41. The van der Waals surface area contributed by atoms with E-state index in [1.54, 1.807) is 0 Å². The lowest BCUT2D eigenvalue weighted by molar-refractivity contribution is 1.63. The van der Waals surface area contributed by atoms with E-state index >= 15 is 0 Å². The summed E-state index contributed by atoms with van der Waals surface area (Å²) >= 11 is 0. The number of hydrogen-bond acceptors (Lipinski definition) is 0. The number of benzene rings is 11. The van der Waals surface area contributed by atoms with Crippen LogP contribution in [0.25, 0.3) is 109 Å². The molecule has 0 heterocycles. The molecule has 250 valence electrons. The minimum atomic E-state index is 1.22. The molecule has 0 amide bonds. The molecule has 0 saturated heterocycles. The van der Waals surface area contributed by atoms with Gasteiger partial charge in [0.1, 0.15) is 0 Å². The molecule has 0 nitrogen and oxygen atoms in total. The average molecular weight is 683 g/mol. The highest BCUT2D eigenvalue weighted by atomic mass is 14.3. The molecular weight excluding hydrogens is 649 g/mol. The molecule has 0 aromatic heterocycles. The van der Waals surface area contributed by atoms with Crippen molar-refractivity contribution in [2.24, 2.45) is 0 Å². The van der Waals surface area contributed by atoms with E-state index in [1.165, 1.54) is 109 Å². The maximum absolute atomic E-state index is 2.41. The summed E-state index contributed by atoms with van der Waals surface area (Å²) < 4.78 is 0. The molecule has 11 aromatic rings. The maximum Gasteiger partial charge on any atom is -0.00139 e. The molecule has 0 bridgehead atoms. The Balaban J connectivity index is 1.29. The summed E-state index contributed by atoms with van der Waals surface area (Å²) in [5.74, 6) is 0. The standard InChI is InChI=1S/C54H34/c1-2-17-36(18-3-1)49-33-38-20-6-7-21-39(38)34-50(49)52-43-24-10-14-28-47(43)54(48-29-15-11-25-44(48)52)53-45-26-12-8-22-41(45)51(42-23-9-13-27-46(42)53)40-31-30-35-16-4-5-19-37(35)32-40/h1-34H. The first-order valence-electron chi connectivity index (χ1n) is 18.8. The monoisotopic (exact) mass is 682 g/mol. The number of hydrogen-bond donors (Lipinski definition) is 0. The van der Waals surface area contributed by atoms with E-state index in [2.05, 4.69) is 206 Å². The van der Waals surface area contributed by atoms with Crippen molar-refractivity contribution in [3.8, 4) is 44.5 Å². The van der Waals surface area contributed by atoms with Gasteiger partial charge in [0.2, 0.25) is 0 Å². The van der Waals surface area contributed by atoms with Gasteiger partial charge in [0.15, 0.2) is 0 Å². The first-order valence-corrected chi connectivity index (χ1v) is 18.8. The normalized spacial score (nSPS) is 11.7. The number of rotatable bonds is 4. The lowest BCUT2D eigenvalue weighted by Gasteiger charge is -2.23. The van der Waals surface area contributed by atoms with Gasteiger partial charge in [-0.05, 0) is 127 Å². The Hall–Kier alpha value is -7.02. The van der Waals surface area contributed by atoms with Gasteiger partial charge in [-0.3, -0.25) is 0 Å². The van der Waals surface area contributed by atoms with Gasteiger partial charge in [0.05, 0.1) is 0 Å². The van der Waals surface area contributed by atoms with Crippen molar-refractivity contribution in [2.45, 2.75) is 0 Å². The Morgan fingerprint density at radius 1 is 0.185 bits per heavy atom. The number of fused-ring (bicyclic) bond motifs is 6. The van der Waals surface area contributed by atoms with Crippen LogP contribution in [0.4, 0.5) is 0 Å². The van der Waals surface area contributed by atoms with Gasteiger partial charge in [-0.25, -0.2) is 0 Å². The van der Waals surface area contributed by atoms with Crippen molar-refractivity contribution in [3.05, 3.63) is 206 Å². The van der Waals surface area contributed by atoms with E-state index in [1.807, 2.05) is 0 Å². The Morgan fingerprint density at radius 3 is 1.02 bits per heavy atom. The van der Waals surface area contributed by atoms with Crippen LogP contribution in [0, 0.1) is 0 Å². The van der Waals surface area contributed by atoms with Crippen LogP contribution in [0.3, 0.4) is 0 Å². The second-order valence-electron chi connectivity index (χ2n) is 14.4. The molecule has 54 heavy (non-hydrogen) atoms. The van der Waals surface area contributed by atoms with Crippen molar-refractivity contribution < 1.29 is 0 Å². The van der Waals surface area contributed by atoms with Crippen LogP contribution < -0.4 is 0 Å². The zero-order chi connectivity index (χ0) is 35.6. The van der Waals surface area contributed by atoms with Crippen molar-refractivity contribution in [3.63, 3.8) is 0 Å². The molecular formula is C54H34. The van der Waals surface area contributed by atoms with Gasteiger partial charge >= 0.3 is 0 Å². The summed E-state index contributed by atoms with van der Waals surface area (Å²) in [6.45, 7) is 0. The van der Waals surface area contributed by atoms with Gasteiger partial charge in [-0.1, -0.05) is 188 Å². The van der Waals surface area contributed by atoms with Crippen LogP contribution in [-0.2, 0) is 0 Å². The summed E-state index contributed by atoms with van der Waals surface area (Å²) in [6, 6.07) is 76.2. The Bertz CT molecular complexity index is 3140. The first kappa shape index (κ1) is 30.6. The molecule has 0 N–H and O–H groups in total. The van der Waals surface area contributed by atoms with Gasteiger partial charge in [0, 0.05) is 0 Å². The van der Waals surface area contributed by atoms with Crippen molar-refractivity contribution in [1.29, 1.82) is 0 Å². The fourth-order valence-electron chi connectivity index (χ4n) is 9.05. The molecule has 0 unspecified atom stereocenters. The predicted octanol–water partition coefficient (Wildman–Crippen LogP) is 15.3. The van der Waals surface area contributed by atoms with Crippen LogP contribution >= 0.6 is 0 Å². The first-order chi connectivity index (χ1) is 26.8. The molecule has 0 spiro atoms. The van der Waals surface area contributed by atoms with Crippen LogP contribution in [0.1, 0.15) is 0 Å². The third-order valence-corrected chi connectivity index (χ3v) is 11.4. The molecule has 0 saturated carbocycles. The summed E-state index contributed by atoms with van der Waals surface area (Å²) in [5.41, 5.74) is 10.1. The highest BCUT2D eigenvalue weighted by molar-refractivity contribution is 6.30. The van der Waals surface area contributed by atoms with Crippen molar-refractivity contribution >= 4 is 64.6 Å². The topological polar surface area (TPSA) is 0 Å². The quantitative estimate of drug-likeness (QED) is 0.162. The lowest BCUT2D eigenvalue weighted by Crippen LogP contribution is -1.95. The largest absolute Gasteiger partial charge is 0.0622 e. The van der Waals surface area contributed by atoms with Crippen LogP contribution in [0.15, 0.2) is 206 Å². The molecule has 0 atom stereocenters. The van der Waals surface area contributed by atoms with Crippen LogP contribution in [-0.4, -0.2) is 0 Å². The third kappa shape index (κ3) is 4.71. The van der Waals surface area contributed by atoms with Crippen LogP contribution in [0.5, 0.6) is 0 Å². The van der Waals surface area contributed by atoms with Crippen molar-refractivity contribution in [1.82, 2.24) is 0 Å². The van der Waals surface area contributed by atoms with E-state index < -0.39 is 0 Å². The Kier molecular flexibility index (Phi) is 6.97. The zero-order valence-electron chi connectivity index (χ0n) is 29.6. The van der Waals surface area contributed by atoms with E-state index in [4.69, 9.17) is 0 Å². The smallest absolute Gasteiger partial charge is 0.00139 e. The Labute approximate surface area is 314 Å². The average Bonchev–Trinajstić information content (AvgIpc) is 3.24. The predicted molar refractivity (Wildman–Crippen MR) is 233 cm³/mol. The molecule has 11 aromatic carbocycles. The molecule has 0 heteroatoms. The summed E-state index contributed by atoms with van der Waals surface area (Å²) in [4.78, 5) is 0. The second-order valence-corrected chi connectivity index (χ2v) is 14.4. The molecule has 0 aliphatic heterocycles. The van der Waals surface area contributed by atoms with E-state index in [-0.39, 0.29) is 0 Å². The van der Waals surface area contributed by atoms with Crippen LogP contribution in [0.2, 0.25) is 0 Å². The van der Waals surface area contributed by atoms with E-state index in [9.17, 15) is 0 Å². The molecule has 0 aliphatic carbocycles. The highest BCUT2D eigenvalue weighted by Gasteiger charge is 2.23. The molecule has 0 fully saturated rings. The van der Waals surface area contributed by atoms with Crippen molar-refractivity contribution in [2.75, 3.05) is 0 Å². The van der Waals surface area contributed by atoms with Gasteiger partial charge in [0.25, 0.3) is 0 Å². The third-order valence-electron chi connectivity index (χ3n) is 11.4. The zero-order valence-corrected chi connectivity index (χ0v) is 29.6. The SMILES string of the molecule is c1ccc(-c2cc3ccccc3cc2-c2c3ccccc3c(-c3c4ccccc4c(-c4ccc5ccccc5c4)c4ccccc34)c3ccccc23)cc1. The second kappa shape index (κ2) is 12.3. The fraction of sp³-hybridized carbons (Fsp3) is 0. The summed E-state index contributed by atoms with van der Waals surface area (Å²) in [7, 11) is 0. The minimum absolute atomic E-state index is 1.22. The van der Waals surface area contributed by atoms with Gasteiger partial charge in [-0.15, -0.1) is 0 Å². The minimum Gasteiger partial charge on any atom is -0.0622 e. The van der Waals surface area contributed by atoms with E-state index in [0.717, 1.165) is 0 Å². The summed E-state index contributed by atoms with van der Waals surface area (Å²) in [5, 5.41) is 15.1.